The molecule has 0 spiro atoms. The van der Waals surface area contributed by atoms with Gasteiger partial charge in [-0.05, 0) is 80.3 Å². The molecule has 0 saturated carbocycles. The second-order valence-electron chi connectivity index (χ2n) is 9.88. The van der Waals surface area contributed by atoms with E-state index in [9.17, 15) is 13.2 Å². The number of aryl methyl sites for hydroxylation is 1. The summed E-state index contributed by atoms with van der Waals surface area (Å²) >= 11 is 0. The fourth-order valence-electron chi connectivity index (χ4n) is 4.88. The molecule has 1 N–H and O–H groups in total. The molecule has 0 atom stereocenters. The van der Waals surface area contributed by atoms with Gasteiger partial charge in [-0.1, -0.05) is 60.2 Å². The van der Waals surface area contributed by atoms with Crippen molar-refractivity contribution in [2.24, 2.45) is 0 Å². The Hall–Kier alpha value is -4.10. The minimum atomic E-state index is -3.97. The summed E-state index contributed by atoms with van der Waals surface area (Å²) in [5, 5.41) is 2.97. The lowest BCUT2D eigenvalue weighted by Gasteiger charge is -2.29. The van der Waals surface area contributed by atoms with Crippen LogP contribution in [0, 0.1) is 6.92 Å². The molecule has 0 aromatic heterocycles. The third-order valence-corrected chi connectivity index (χ3v) is 8.82. The number of carbonyl (C=O) groups is 1. The fourth-order valence-corrected chi connectivity index (χ4v) is 6.35. The average molecular weight is 540 g/mol. The number of nitrogens with zero attached hydrogens (tertiary/aromatic N) is 2. The predicted octanol–water partition coefficient (Wildman–Crippen LogP) is 6.63. The molecule has 4 aromatic carbocycles. The quantitative estimate of drug-likeness (QED) is 0.273. The number of rotatable bonds is 8. The van der Waals surface area contributed by atoms with Crippen LogP contribution in [-0.2, 0) is 16.6 Å². The predicted molar refractivity (Wildman–Crippen MR) is 158 cm³/mol. The van der Waals surface area contributed by atoms with Gasteiger partial charge in [-0.3, -0.25) is 9.10 Å². The number of para-hydroxylation sites is 1. The van der Waals surface area contributed by atoms with Crippen LogP contribution in [0.1, 0.15) is 40.7 Å². The SMILES string of the molecule is Cc1ccc(S(=O)(=O)N(Cc2ccccc2)c2ccccc2C(=O)Nc2ccc(N3CCCCC3)cc2)cc1. The molecule has 1 fully saturated rings. The van der Waals surface area contributed by atoms with E-state index in [4.69, 9.17) is 0 Å². The molecule has 1 aliphatic rings. The van der Waals surface area contributed by atoms with Crippen molar-refractivity contribution in [3.63, 3.8) is 0 Å². The molecule has 0 unspecified atom stereocenters. The third-order valence-electron chi connectivity index (χ3n) is 7.04. The molecule has 5 rings (SSSR count). The summed E-state index contributed by atoms with van der Waals surface area (Å²) < 4.78 is 29.2. The van der Waals surface area contributed by atoms with Gasteiger partial charge in [0.25, 0.3) is 15.9 Å². The Kier molecular flexibility index (Phi) is 7.98. The van der Waals surface area contributed by atoms with Gasteiger partial charge in [0.15, 0.2) is 0 Å². The summed E-state index contributed by atoms with van der Waals surface area (Å²) in [6, 6.07) is 30.9. The standard InChI is InChI=1S/C32H33N3O3S/c1-25-14-20-29(21-15-25)39(37,38)35(24-26-10-4-2-5-11-26)31-13-7-6-12-30(31)32(36)33-27-16-18-28(19-17-27)34-22-8-3-9-23-34/h2,4-7,10-21H,3,8-9,22-24H2,1H3,(H,33,36). The van der Waals surface area contributed by atoms with Gasteiger partial charge >= 0.3 is 0 Å². The molecule has 6 nitrogen and oxygen atoms in total. The van der Waals surface area contributed by atoms with E-state index in [-0.39, 0.29) is 22.9 Å². The Balaban J connectivity index is 1.46. The van der Waals surface area contributed by atoms with Gasteiger partial charge in [-0.25, -0.2) is 8.42 Å². The zero-order valence-electron chi connectivity index (χ0n) is 22.1. The molecule has 1 aliphatic heterocycles. The maximum atomic E-state index is 14.0. The Morgan fingerprint density at radius 2 is 1.44 bits per heavy atom. The first-order valence-corrected chi connectivity index (χ1v) is 14.7. The molecule has 7 heteroatoms. The highest BCUT2D eigenvalue weighted by molar-refractivity contribution is 7.92. The highest BCUT2D eigenvalue weighted by Crippen LogP contribution is 2.30. The molecular formula is C32H33N3O3S. The molecule has 0 aliphatic carbocycles. The van der Waals surface area contributed by atoms with Crippen LogP contribution in [0.5, 0.6) is 0 Å². The topological polar surface area (TPSA) is 69.7 Å². The third kappa shape index (κ3) is 6.15. The van der Waals surface area contributed by atoms with Crippen molar-refractivity contribution in [3.05, 3.63) is 120 Å². The number of hydrogen-bond acceptors (Lipinski definition) is 4. The van der Waals surface area contributed by atoms with Gasteiger partial charge < -0.3 is 10.2 Å². The van der Waals surface area contributed by atoms with Crippen LogP contribution in [0.2, 0.25) is 0 Å². The molecule has 1 saturated heterocycles. The Bertz CT molecular complexity index is 1510. The Morgan fingerprint density at radius 3 is 2.13 bits per heavy atom. The van der Waals surface area contributed by atoms with Gasteiger partial charge in [-0.2, -0.15) is 0 Å². The summed E-state index contributed by atoms with van der Waals surface area (Å²) in [7, 11) is -3.97. The van der Waals surface area contributed by atoms with Crippen LogP contribution in [0.3, 0.4) is 0 Å². The summed E-state index contributed by atoms with van der Waals surface area (Å²) in [5.41, 5.74) is 4.19. The number of carbonyl (C=O) groups excluding carboxylic acids is 1. The molecular weight excluding hydrogens is 506 g/mol. The van der Waals surface area contributed by atoms with E-state index in [1.54, 1.807) is 48.5 Å². The van der Waals surface area contributed by atoms with E-state index in [0.717, 1.165) is 29.9 Å². The number of piperidine rings is 1. The van der Waals surface area contributed by atoms with Gasteiger partial charge in [0.1, 0.15) is 0 Å². The molecule has 1 amide bonds. The Labute approximate surface area is 231 Å². The molecule has 4 aromatic rings. The van der Waals surface area contributed by atoms with Crippen molar-refractivity contribution in [1.29, 1.82) is 0 Å². The van der Waals surface area contributed by atoms with E-state index < -0.39 is 10.0 Å². The van der Waals surface area contributed by atoms with E-state index >= 15 is 0 Å². The van der Waals surface area contributed by atoms with Gasteiger partial charge in [0.05, 0.1) is 22.7 Å². The molecule has 200 valence electrons. The highest BCUT2D eigenvalue weighted by Gasteiger charge is 2.28. The summed E-state index contributed by atoms with van der Waals surface area (Å²) in [6.45, 7) is 4.10. The lowest BCUT2D eigenvalue weighted by Crippen LogP contribution is -2.32. The molecule has 39 heavy (non-hydrogen) atoms. The van der Waals surface area contributed by atoms with Gasteiger partial charge in [0, 0.05) is 24.5 Å². The number of sulfonamides is 1. The number of amides is 1. The van der Waals surface area contributed by atoms with Crippen molar-refractivity contribution in [1.82, 2.24) is 0 Å². The van der Waals surface area contributed by atoms with Gasteiger partial charge in [0.2, 0.25) is 0 Å². The summed E-state index contributed by atoms with van der Waals surface area (Å²) in [4.78, 5) is 16.1. The van der Waals surface area contributed by atoms with Crippen LogP contribution < -0.4 is 14.5 Å². The van der Waals surface area contributed by atoms with Crippen molar-refractivity contribution in [2.45, 2.75) is 37.6 Å². The normalized spacial score (nSPS) is 13.6. The Morgan fingerprint density at radius 1 is 0.795 bits per heavy atom. The number of benzene rings is 4. The second kappa shape index (κ2) is 11.7. The summed E-state index contributed by atoms with van der Waals surface area (Å²) in [6.07, 6.45) is 3.66. The van der Waals surface area contributed by atoms with Crippen LogP contribution in [-0.4, -0.2) is 27.4 Å². The lowest BCUT2D eigenvalue weighted by molar-refractivity contribution is 0.102. The molecule has 1 heterocycles. The van der Waals surface area contributed by atoms with Crippen LogP contribution >= 0.6 is 0 Å². The first-order chi connectivity index (χ1) is 18.9. The first-order valence-electron chi connectivity index (χ1n) is 13.3. The van der Waals surface area contributed by atoms with E-state index in [2.05, 4.69) is 10.2 Å². The van der Waals surface area contributed by atoms with E-state index in [1.165, 1.54) is 23.6 Å². The van der Waals surface area contributed by atoms with E-state index in [0.29, 0.717) is 11.4 Å². The minimum Gasteiger partial charge on any atom is -0.372 e. The first kappa shape index (κ1) is 26.5. The molecule has 0 radical (unpaired) electrons. The van der Waals surface area contributed by atoms with Gasteiger partial charge in [-0.15, -0.1) is 0 Å². The molecule has 0 bridgehead atoms. The van der Waals surface area contributed by atoms with Crippen LogP contribution in [0.25, 0.3) is 0 Å². The minimum absolute atomic E-state index is 0.0892. The maximum Gasteiger partial charge on any atom is 0.264 e. The largest absolute Gasteiger partial charge is 0.372 e. The monoisotopic (exact) mass is 539 g/mol. The number of nitrogens with one attached hydrogen (secondary N) is 1. The smallest absolute Gasteiger partial charge is 0.264 e. The van der Waals surface area contributed by atoms with Crippen molar-refractivity contribution >= 4 is 33.0 Å². The second-order valence-corrected chi connectivity index (χ2v) is 11.7. The van der Waals surface area contributed by atoms with E-state index in [1.807, 2.05) is 61.5 Å². The van der Waals surface area contributed by atoms with Crippen LogP contribution in [0.15, 0.2) is 108 Å². The lowest BCUT2D eigenvalue weighted by atomic mass is 10.1. The van der Waals surface area contributed by atoms with Crippen molar-refractivity contribution in [2.75, 3.05) is 27.6 Å². The number of anilines is 3. The fraction of sp³-hybridized carbons (Fsp3) is 0.219. The maximum absolute atomic E-state index is 14.0. The highest BCUT2D eigenvalue weighted by atomic mass is 32.2. The summed E-state index contributed by atoms with van der Waals surface area (Å²) in [5.74, 6) is -0.367. The zero-order valence-corrected chi connectivity index (χ0v) is 22.9. The van der Waals surface area contributed by atoms with Crippen LogP contribution in [0.4, 0.5) is 17.1 Å². The number of hydrogen-bond donors (Lipinski definition) is 1. The van der Waals surface area contributed by atoms with Crippen molar-refractivity contribution in [3.8, 4) is 0 Å². The zero-order chi connectivity index (χ0) is 27.2. The average Bonchev–Trinajstić information content (AvgIpc) is 2.97. The van der Waals surface area contributed by atoms with Crippen molar-refractivity contribution < 1.29 is 13.2 Å².